The molecule has 2 rings (SSSR count). The van der Waals surface area contributed by atoms with Crippen LogP contribution in [0.15, 0.2) is 10.3 Å². The second kappa shape index (κ2) is 6.26. The molecule has 0 amide bonds. The number of nitrogens with one attached hydrogen (secondary N) is 1. The van der Waals surface area contributed by atoms with E-state index < -0.39 is 10.0 Å². The molecule has 0 spiro atoms. The Balaban J connectivity index is 0.00000162. The maximum Gasteiger partial charge on any atom is 0.250 e. The van der Waals surface area contributed by atoms with E-state index in [1.807, 2.05) is 0 Å². The number of thiophene rings is 1. The minimum atomic E-state index is -3.52. The Hall–Kier alpha value is 0.440. The van der Waals surface area contributed by atoms with E-state index >= 15 is 0 Å². The lowest BCUT2D eigenvalue weighted by atomic mass is 10.2. The quantitative estimate of drug-likeness (QED) is 0.879. The van der Waals surface area contributed by atoms with Gasteiger partial charge in [-0.25, -0.2) is 13.1 Å². The third kappa shape index (κ3) is 3.72. The minimum absolute atomic E-state index is 0. The third-order valence-electron chi connectivity index (χ3n) is 2.68. The van der Waals surface area contributed by atoms with Gasteiger partial charge >= 0.3 is 0 Å². The monoisotopic (exact) mass is 350 g/mol. The zero-order valence-electron chi connectivity index (χ0n) is 9.23. The van der Waals surface area contributed by atoms with Crippen molar-refractivity contribution in [3.05, 3.63) is 15.4 Å². The molecule has 0 saturated heterocycles. The van der Waals surface area contributed by atoms with Crippen molar-refractivity contribution >= 4 is 57.0 Å². The van der Waals surface area contributed by atoms with Gasteiger partial charge in [0.2, 0.25) is 10.0 Å². The number of hydrogen-bond donors (Lipinski definition) is 2. The number of sulfonamides is 1. The van der Waals surface area contributed by atoms with Gasteiger partial charge < -0.3 is 5.73 Å². The molecule has 1 aromatic rings. The van der Waals surface area contributed by atoms with E-state index in [4.69, 9.17) is 28.9 Å². The summed E-state index contributed by atoms with van der Waals surface area (Å²) in [6.45, 7) is 0. The van der Waals surface area contributed by atoms with Crippen molar-refractivity contribution in [2.24, 2.45) is 5.73 Å². The van der Waals surface area contributed by atoms with Gasteiger partial charge in [-0.2, -0.15) is 0 Å². The largest absolute Gasteiger partial charge is 0.328 e. The maximum atomic E-state index is 12.0. The molecule has 9 heteroatoms. The van der Waals surface area contributed by atoms with Gasteiger partial charge in [0.25, 0.3) is 0 Å². The van der Waals surface area contributed by atoms with Gasteiger partial charge in [0.15, 0.2) is 0 Å². The maximum absolute atomic E-state index is 12.0. The molecule has 0 aromatic carbocycles. The van der Waals surface area contributed by atoms with E-state index in [-0.39, 0.29) is 38.1 Å². The molecule has 3 N–H and O–H groups in total. The summed E-state index contributed by atoms with van der Waals surface area (Å²) in [7, 11) is -3.52. The first-order valence-corrected chi connectivity index (χ1v) is 8.17. The van der Waals surface area contributed by atoms with Crippen molar-refractivity contribution in [2.75, 3.05) is 0 Å². The van der Waals surface area contributed by atoms with Gasteiger partial charge in [-0.05, 0) is 25.3 Å². The zero-order chi connectivity index (χ0) is 12.6. The summed E-state index contributed by atoms with van der Waals surface area (Å²) < 4.78 is 27.1. The topological polar surface area (TPSA) is 72.2 Å². The normalized spacial score (nSPS) is 23.9. The molecule has 1 aliphatic rings. The smallest absolute Gasteiger partial charge is 0.250 e. The summed E-state index contributed by atoms with van der Waals surface area (Å²) in [6.07, 6.45) is 2.29. The average Bonchev–Trinajstić information content (AvgIpc) is 2.75. The lowest BCUT2D eigenvalue weighted by molar-refractivity contribution is 0.550. The van der Waals surface area contributed by atoms with Crippen LogP contribution in [0.2, 0.25) is 9.36 Å². The Morgan fingerprint density at radius 1 is 1.39 bits per heavy atom. The molecule has 1 aliphatic carbocycles. The lowest BCUT2D eigenvalue weighted by Crippen LogP contribution is -2.33. The molecule has 1 fully saturated rings. The molecule has 0 radical (unpaired) electrons. The van der Waals surface area contributed by atoms with Gasteiger partial charge in [0.1, 0.15) is 8.55 Å². The van der Waals surface area contributed by atoms with Gasteiger partial charge in [-0.15, -0.1) is 23.7 Å². The van der Waals surface area contributed by atoms with E-state index in [0.717, 1.165) is 24.2 Å². The van der Waals surface area contributed by atoms with Crippen LogP contribution in [-0.4, -0.2) is 20.5 Å². The number of nitrogens with two attached hydrogens (primary N) is 1. The van der Waals surface area contributed by atoms with Crippen LogP contribution in [0.4, 0.5) is 0 Å². The van der Waals surface area contributed by atoms with Gasteiger partial charge in [0, 0.05) is 12.1 Å². The molecule has 18 heavy (non-hydrogen) atoms. The minimum Gasteiger partial charge on any atom is -0.328 e. The van der Waals surface area contributed by atoms with E-state index in [0.29, 0.717) is 6.42 Å². The standard InChI is InChI=1S/C9H12Cl2N2O2S2.ClH/c10-7-4-8(16-9(7)11)17(14,15)13-6-2-1-5(12)3-6;/h4-6,13H,1-3,12H2;1H/t5-,6-;/m1./s1. The summed E-state index contributed by atoms with van der Waals surface area (Å²) in [4.78, 5) is 0. The predicted molar refractivity (Wildman–Crippen MR) is 77.5 cm³/mol. The van der Waals surface area contributed by atoms with Crippen LogP contribution < -0.4 is 10.5 Å². The van der Waals surface area contributed by atoms with Gasteiger partial charge in [0.05, 0.1) is 5.02 Å². The second-order valence-corrected chi connectivity index (χ2v) is 8.08. The van der Waals surface area contributed by atoms with Crippen LogP contribution in [0.3, 0.4) is 0 Å². The van der Waals surface area contributed by atoms with E-state index in [1.165, 1.54) is 6.07 Å². The van der Waals surface area contributed by atoms with Crippen LogP contribution >= 0.6 is 46.9 Å². The van der Waals surface area contributed by atoms with E-state index in [9.17, 15) is 8.42 Å². The lowest BCUT2D eigenvalue weighted by Gasteiger charge is -2.11. The van der Waals surface area contributed by atoms with Crippen LogP contribution in [-0.2, 0) is 10.0 Å². The van der Waals surface area contributed by atoms with Crippen LogP contribution in [0.25, 0.3) is 0 Å². The van der Waals surface area contributed by atoms with Crippen molar-refractivity contribution in [1.29, 1.82) is 0 Å². The highest BCUT2D eigenvalue weighted by Crippen LogP contribution is 2.34. The molecular weight excluding hydrogens is 339 g/mol. The molecule has 0 unspecified atom stereocenters. The summed E-state index contributed by atoms with van der Waals surface area (Å²) in [5, 5.41) is 0.264. The molecule has 4 nitrogen and oxygen atoms in total. The molecule has 1 saturated carbocycles. The molecule has 1 heterocycles. The summed E-state index contributed by atoms with van der Waals surface area (Å²) in [6, 6.07) is 1.36. The summed E-state index contributed by atoms with van der Waals surface area (Å²) in [5.41, 5.74) is 5.74. The molecule has 104 valence electrons. The second-order valence-electron chi connectivity index (χ2n) is 4.08. The highest BCUT2D eigenvalue weighted by molar-refractivity contribution is 7.91. The van der Waals surface area contributed by atoms with Crippen molar-refractivity contribution < 1.29 is 8.42 Å². The van der Waals surface area contributed by atoms with Crippen LogP contribution in [0.1, 0.15) is 19.3 Å². The zero-order valence-corrected chi connectivity index (χ0v) is 13.2. The first-order chi connectivity index (χ1) is 7.88. The summed E-state index contributed by atoms with van der Waals surface area (Å²) >= 11 is 12.4. The van der Waals surface area contributed by atoms with Crippen molar-refractivity contribution in [3.63, 3.8) is 0 Å². The van der Waals surface area contributed by atoms with Crippen LogP contribution in [0, 0.1) is 0 Å². The molecular formula is C9H13Cl3N2O2S2. The summed E-state index contributed by atoms with van der Waals surface area (Å²) in [5.74, 6) is 0. The molecule has 1 aromatic heterocycles. The first kappa shape index (κ1) is 16.5. The Morgan fingerprint density at radius 2 is 2.06 bits per heavy atom. The van der Waals surface area contributed by atoms with Gasteiger partial charge in [-0.1, -0.05) is 23.2 Å². The number of hydrogen-bond acceptors (Lipinski definition) is 4. The van der Waals surface area contributed by atoms with Crippen LogP contribution in [0.5, 0.6) is 0 Å². The fourth-order valence-electron chi connectivity index (χ4n) is 1.86. The first-order valence-electron chi connectivity index (χ1n) is 5.11. The Kier molecular flexibility index (Phi) is 5.74. The molecule has 2 atom stereocenters. The fourth-order valence-corrected chi connectivity index (χ4v) is 5.04. The predicted octanol–water partition coefficient (Wildman–Crippen LogP) is 2.63. The van der Waals surface area contributed by atoms with E-state index in [2.05, 4.69) is 4.72 Å². The van der Waals surface area contributed by atoms with Crippen molar-refractivity contribution in [1.82, 2.24) is 4.72 Å². The average molecular weight is 352 g/mol. The number of rotatable bonds is 3. The Morgan fingerprint density at radius 3 is 2.50 bits per heavy atom. The molecule has 0 bridgehead atoms. The van der Waals surface area contributed by atoms with Gasteiger partial charge in [-0.3, -0.25) is 0 Å². The Labute approximate surface area is 126 Å². The fraction of sp³-hybridized carbons (Fsp3) is 0.556. The van der Waals surface area contributed by atoms with Crippen molar-refractivity contribution in [2.45, 2.75) is 35.6 Å². The highest BCUT2D eigenvalue weighted by atomic mass is 35.5. The SMILES string of the molecule is Cl.N[C@@H]1CC[C@@H](NS(=O)(=O)c2cc(Cl)c(Cl)s2)C1. The third-order valence-corrected chi connectivity index (χ3v) is 6.54. The highest BCUT2D eigenvalue weighted by Gasteiger charge is 2.28. The number of halogens is 3. The molecule has 0 aliphatic heterocycles. The van der Waals surface area contributed by atoms with Crippen molar-refractivity contribution in [3.8, 4) is 0 Å². The Bertz CT molecular complexity index is 498. The van der Waals surface area contributed by atoms with E-state index in [1.54, 1.807) is 0 Å².